The Labute approximate surface area is 88.3 Å². The molecular formula is C12H25NO. The summed E-state index contributed by atoms with van der Waals surface area (Å²) in [5.74, 6) is 0.701. The van der Waals surface area contributed by atoms with Crippen molar-refractivity contribution in [3.63, 3.8) is 0 Å². The molecule has 1 N–H and O–H groups in total. The molecular weight excluding hydrogens is 174 g/mol. The first kappa shape index (κ1) is 12.0. The van der Waals surface area contributed by atoms with E-state index in [9.17, 15) is 5.11 Å². The van der Waals surface area contributed by atoms with E-state index in [1.54, 1.807) is 0 Å². The van der Waals surface area contributed by atoms with Crippen LogP contribution in [-0.4, -0.2) is 34.7 Å². The van der Waals surface area contributed by atoms with E-state index in [0.717, 1.165) is 6.42 Å². The summed E-state index contributed by atoms with van der Waals surface area (Å²) in [4.78, 5) is 2.52. The van der Waals surface area contributed by atoms with Crippen molar-refractivity contribution in [1.29, 1.82) is 0 Å². The maximum atomic E-state index is 9.37. The third-order valence-corrected chi connectivity index (χ3v) is 3.42. The van der Waals surface area contributed by atoms with Crippen molar-refractivity contribution >= 4 is 0 Å². The highest BCUT2D eigenvalue weighted by Gasteiger charge is 2.33. The predicted molar refractivity (Wildman–Crippen MR) is 60.3 cm³/mol. The van der Waals surface area contributed by atoms with Crippen molar-refractivity contribution in [2.75, 3.05) is 6.61 Å². The first-order valence-electron chi connectivity index (χ1n) is 5.96. The van der Waals surface area contributed by atoms with Gasteiger partial charge in [0, 0.05) is 18.1 Å². The predicted octanol–water partition coefficient (Wildman–Crippen LogP) is 2.27. The maximum absolute atomic E-state index is 9.37. The molecule has 0 amide bonds. The van der Waals surface area contributed by atoms with E-state index in [0.29, 0.717) is 30.7 Å². The van der Waals surface area contributed by atoms with E-state index in [4.69, 9.17) is 0 Å². The summed E-state index contributed by atoms with van der Waals surface area (Å²) in [5, 5.41) is 9.37. The van der Waals surface area contributed by atoms with E-state index >= 15 is 0 Å². The zero-order valence-electron chi connectivity index (χ0n) is 10.0. The Morgan fingerprint density at radius 1 is 1.21 bits per heavy atom. The molecule has 1 fully saturated rings. The molecule has 0 radical (unpaired) electrons. The summed E-state index contributed by atoms with van der Waals surface area (Å²) in [5.41, 5.74) is 0. The Kier molecular flexibility index (Phi) is 4.39. The lowest BCUT2D eigenvalue weighted by molar-refractivity contribution is 0.00112. The number of likely N-dealkylation sites (tertiary alicyclic amines) is 1. The van der Waals surface area contributed by atoms with Crippen LogP contribution in [0.25, 0.3) is 0 Å². The Hall–Kier alpha value is -0.0800. The topological polar surface area (TPSA) is 23.5 Å². The fourth-order valence-electron chi connectivity index (χ4n) is 2.80. The number of aliphatic hydroxyl groups excluding tert-OH is 1. The Balaban J connectivity index is 2.72. The van der Waals surface area contributed by atoms with Crippen molar-refractivity contribution in [3.05, 3.63) is 0 Å². The first-order chi connectivity index (χ1) is 6.57. The van der Waals surface area contributed by atoms with Crippen LogP contribution in [0.4, 0.5) is 0 Å². The van der Waals surface area contributed by atoms with Gasteiger partial charge >= 0.3 is 0 Å². The van der Waals surface area contributed by atoms with Gasteiger partial charge in [0.15, 0.2) is 0 Å². The molecule has 0 aromatic carbocycles. The molecule has 1 rings (SSSR count). The van der Waals surface area contributed by atoms with Gasteiger partial charge in [-0.2, -0.15) is 0 Å². The molecule has 0 aliphatic carbocycles. The number of aliphatic hydroxyl groups is 1. The Morgan fingerprint density at radius 2 is 1.86 bits per heavy atom. The largest absolute Gasteiger partial charge is 0.395 e. The van der Waals surface area contributed by atoms with Crippen LogP contribution >= 0.6 is 0 Å². The molecule has 0 spiro atoms. The lowest BCUT2D eigenvalue weighted by Crippen LogP contribution is -2.53. The summed E-state index contributed by atoms with van der Waals surface area (Å²) >= 11 is 0. The van der Waals surface area contributed by atoms with Gasteiger partial charge in [-0.15, -0.1) is 0 Å². The van der Waals surface area contributed by atoms with Crippen LogP contribution in [-0.2, 0) is 0 Å². The molecule has 2 unspecified atom stereocenters. The summed E-state index contributed by atoms with van der Waals surface area (Å²) in [6.45, 7) is 9.38. The van der Waals surface area contributed by atoms with E-state index in [-0.39, 0.29) is 0 Å². The van der Waals surface area contributed by atoms with Gasteiger partial charge in [0.25, 0.3) is 0 Å². The molecule has 1 saturated heterocycles. The highest BCUT2D eigenvalue weighted by Crippen LogP contribution is 2.29. The SMILES string of the molecule is CC(C)C1CCCC(CO)N1C(C)C. The van der Waals surface area contributed by atoms with E-state index in [1.165, 1.54) is 12.8 Å². The van der Waals surface area contributed by atoms with Gasteiger partial charge in [-0.3, -0.25) is 4.90 Å². The number of hydrogen-bond donors (Lipinski definition) is 1. The fraction of sp³-hybridized carbons (Fsp3) is 1.00. The highest BCUT2D eigenvalue weighted by atomic mass is 16.3. The van der Waals surface area contributed by atoms with Crippen LogP contribution in [0, 0.1) is 5.92 Å². The van der Waals surface area contributed by atoms with Gasteiger partial charge in [-0.05, 0) is 32.6 Å². The summed E-state index contributed by atoms with van der Waals surface area (Å²) in [7, 11) is 0. The minimum atomic E-state index is 0.321. The standard InChI is InChI=1S/C12H25NO/c1-9(2)12-7-5-6-11(8-14)13(12)10(3)4/h9-12,14H,5-8H2,1-4H3. The molecule has 0 aromatic heterocycles. The summed E-state index contributed by atoms with van der Waals surface area (Å²) < 4.78 is 0. The number of hydrogen-bond acceptors (Lipinski definition) is 2. The zero-order chi connectivity index (χ0) is 10.7. The quantitative estimate of drug-likeness (QED) is 0.753. The van der Waals surface area contributed by atoms with Crippen molar-refractivity contribution in [2.45, 2.75) is 65.1 Å². The van der Waals surface area contributed by atoms with Crippen molar-refractivity contribution in [1.82, 2.24) is 4.90 Å². The van der Waals surface area contributed by atoms with Gasteiger partial charge in [-0.25, -0.2) is 0 Å². The Bertz CT molecular complexity index is 168. The fourth-order valence-corrected chi connectivity index (χ4v) is 2.80. The Morgan fingerprint density at radius 3 is 2.29 bits per heavy atom. The third-order valence-electron chi connectivity index (χ3n) is 3.42. The van der Waals surface area contributed by atoms with Gasteiger partial charge in [0.1, 0.15) is 0 Å². The normalized spacial score (nSPS) is 30.2. The second-order valence-electron chi connectivity index (χ2n) is 5.12. The molecule has 0 bridgehead atoms. The van der Waals surface area contributed by atoms with Crippen molar-refractivity contribution in [3.8, 4) is 0 Å². The number of piperidine rings is 1. The molecule has 14 heavy (non-hydrogen) atoms. The molecule has 2 heteroatoms. The molecule has 2 nitrogen and oxygen atoms in total. The second-order valence-corrected chi connectivity index (χ2v) is 5.12. The molecule has 1 aliphatic heterocycles. The van der Waals surface area contributed by atoms with Gasteiger partial charge in [0.2, 0.25) is 0 Å². The number of rotatable bonds is 3. The lowest BCUT2D eigenvalue weighted by atomic mass is 9.88. The summed E-state index contributed by atoms with van der Waals surface area (Å²) in [6.07, 6.45) is 3.74. The third kappa shape index (κ3) is 2.48. The molecule has 1 aliphatic rings. The van der Waals surface area contributed by atoms with Crippen LogP contribution in [0.3, 0.4) is 0 Å². The minimum Gasteiger partial charge on any atom is -0.395 e. The molecule has 84 valence electrons. The second kappa shape index (κ2) is 5.13. The van der Waals surface area contributed by atoms with E-state index < -0.39 is 0 Å². The molecule has 1 heterocycles. The van der Waals surface area contributed by atoms with E-state index in [2.05, 4.69) is 32.6 Å². The van der Waals surface area contributed by atoms with Crippen molar-refractivity contribution in [2.24, 2.45) is 5.92 Å². The first-order valence-corrected chi connectivity index (χ1v) is 5.96. The maximum Gasteiger partial charge on any atom is 0.0587 e. The average Bonchev–Trinajstić information content (AvgIpc) is 2.16. The van der Waals surface area contributed by atoms with Crippen molar-refractivity contribution < 1.29 is 5.11 Å². The molecule has 0 saturated carbocycles. The van der Waals surface area contributed by atoms with Crippen LogP contribution in [0.2, 0.25) is 0 Å². The zero-order valence-corrected chi connectivity index (χ0v) is 10.0. The summed E-state index contributed by atoms with van der Waals surface area (Å²) in [6, 6.07) is 1.62. The van der Waals surface area contributed by atoms with Crippen LogP contribution < -0.4 is 0 Å². The van der Waals surface area contributed by atoms with E-state index in [1.807, 2.05) is 0 Å². The monoisotopic (exact) mass is 199 g/mol. The molecule has 0 aromatic rings. The van der Waals surface area contributed by atoms with Gasteiger partial charge in [-0.1, -0.05) is 20.3 Å². The van der Waals surface area contributed by atoms with Gasteiger partial charge in [0.05, 0.1) is 6.61 Å². The smallest absolute Gasteiger partial charge is 0.0587 e. The van der Waals surface area contributed by atoms with Crippen LogP contribution in [0.1, 0.15) is 47.0 Å². The minimum absolute atomic E-state index is 0.321. The number of nitrogens with zero attached hydrogens (tertiary/aromatic N) is 1. The molecule has 2 atom stereocenters. The van der Waals surface area contributed by atoms with Crippen LogP contribution in [0.5, 0.6) is 0 Å². The highest BCUT2D eigenvalue weighted by molar-refractivity contribution is 4.87. The lowest BCUT2D eigenvalue weighted by Gasteiger charge is -2.46. The van der Waals surface area contributed by atoms with Crippen LogP contribution in [0.15, 0.2) is 0 Å². The average molecular weight is 199 g/mol. The van der Waals surface area contributed by atoms with Gasteiger partial charge < -0.3 is 5.11 Å².